The minimum atomic E-state index is -0.531. The Hall–Kier alpha value is -1.07. The van der Waals surface area contributed by atoms with E-state index in [4.69, 9.17) is 11.6 Å². The van der Waals surface area contributed by atoms with Gasteiger partial charge in [-0.05, 0) is 18.8 Å². The van der Waals surface area contributed by atoms with Gasteiger partial charge in [-0.1, -0.05) is 31.4 Å². The van der Waals surface area contributed by atoms with E-state index in [1.807, 2.05) is 0 Å². The molecule has 0 amide bonds. The number of rotatable bonds is 4. The van der Waals surface area contributed by atoms with Gasteiger partial charge in [0, 0.05) is 25.3 Å². The molecule has 0 bridgehead atoms. The Balaban J connectivity index is 1.87. The molecule has 106 valence electrons. The first-order valence-electron chi connectivity index (χ1n) is 6.79. The maximum absolute atomic E-state index is 11.5. The maximum Gasteiger partial charge on any atom is 0.328 e. The lowest BCUT2D eigenvalue weighted by atomic mass is 9.87. The van der Waals surface area contributed by atoms with E-state index in [0.29, 0.717) is 19.1 Å². The number of nitrogens with one attached hydrogen (secondary N) is 2. The van der Waals surface area contributed by atoms with Crippen LogP contribution >= 0.6 is 11.6 Å². The van der Waals surface area contributed by atoms with Crippen molar-refractivity contribution in [1.29, 1.82) is 0 Å². The van der Waals surface area contributed by atoms with E-state index < -0.39 is 11.2 Å². The van der Waals surface area contributed by atoms with Crippen LogP contribution in [0.2, 0.25) is 5.02 Å². The molecule has 19 heavy (non-hydrogen) atoms. The number of aromatic nitrogens is 2. The van der Waals surface area contributed by atoms with Crippen molar-refractivity contribution in [3.63, 3.8) is 0 Å². The van der Waals surface area contributed by atoms with Crippen molar-refractivity contribution < 1.29 is 0 Å². The highest BCUT2D eigenvalue weighted by atomic mass is 35.5. The first kappa shape index (κ1) is 14.3. The molecule has 1 aliphatic carbocycles. The van der Waals surface area contributed by atoms with Gasteiger partial charge < -0.3 is 5.32 Å². The van der Waals surface area contributed by atoms with Crippen LogP contribution in [0.4, 0.5) is 0 Å². The van der Waals surface area contributed by atoms with Crippen LogP contribution in [0.1, 0.15) is 32.6 Å². The van der Waals surface area contributed by atoms with Crippen molar-refractivity contribution in [3.8, 4) is 0 Å². The van der Waals surface area contributed by atoms with Gasteiger partial charge in [0.15, 0.2) is 0 Å². The lowest BCUT2D eigenvalue weighted by Gasteiger charge is -2.27. The van der Waals surface area contributed by atoms with Crippen molar-refractivity contribution in [1.82, 2.24) is 14.9 Å². The normalized spacial score (nSPS) is 23.5. The fourth-order valence-corrected chi connectivity index (χ4v) is 2.82. The fraction of sp³-hybridized carbons (Fsp3) is 0.692. The molecule has 0 spiro atoms. The lowest BCUT2D eigenvalue weighted by molar-refractivity contribution is 0.299. The lowest BCUT2D eigenvalue weighted by Crippen LogP contribution is -2.38. The highest BCUT2D eigenvalue weighted by Gasteiger charge is 2.17. The maximum atomic E-state index is 11.5. The summed E-state index contributed by atoms with van der Waals surface area (Å²) < 4.78 is 1.43. The minimum Gasteiger partial charge on any atom is -0.312 e. The number of nitrogens with zero attached hydrogens (tertiary/aromatic N) is 1. The quantitative estimate of drug-likeness (QED) is 0.878. The smallest absolute Gasteiger partial charge is 0.312 e. The molecule has 0 aromatic carbocycles. The molecule has 1 aliphatic rings. The van der Waals surface area contributed by atoms with Crippen LogP contribution in [0.25, 0.3) is 0 Å². The number of halogens is 1. The Labute approximate surface area is 117 Å². The predicted octanol–water partition coefficient (Wildman–Crippen LogP) is 1.36. The van der Waals surface area contributed by atoms with Gasteiger partial charge in [0.1, 0.15) is 5.02 Å². The van der Waals surface area contributed by atoms with E-state index in [1.54, 1.807) is 0 Å². The highest BCUT2D eigenvalue weighted by Crippen LogP contribution is 2.23. The summed E-state index contributed by atoms with van der Waals surface area (Å²) in [5, 5.41) is 3.51. The van der Waals surface area contributed by atoms with Gasteiger partial charge in [-0.15, -0.1) is 0 Å². The Morgan fingerprint density at radius 2 is 2.26 bits per heavy atom. The molecule has 1 fully saturated rings. The van der Waals surface area contributed by atoms with E-state index in [2.05, 4.69) is 17.2 Å². The van der Waals surface area contributed by atoms with Gasteiger partial charge in [0.2, 0.25) is 0 Å². The second kappa shape index (κ2) is 6.39. The number of H-pyrrole nitrogens is 1. The molecule has 0 saturated heterocycles. The molecule has 0 aliphatic heterocycles. The number of aromatic amines is 1. The zero-order valence-corrected chi connectivity index (χ0v) is 11.9. The standard InChI is InChI=1S/C13H20ClN3O2/c1-9-3-2-4-10(7-9)15-5-6-17-8-11(14)12(18)16-13(17)19/h8-10,15H,2-7H2,1H3,(H,16,18,19). The topological polar surface area (TPSA) is 66.9 Å². The van der Waals surface area contributed by atoms with E-state index in [1.165, 1.54) is 36.4 Å². The summed E-state index contributed by atoms with van der Waals surface area (Å²) in [7, 11) is 0. The summed E-state index contributed by atoms with van der Waals surface area (Å²) in [6, 6.07) is 0.540. The van der Waals surface area contributed by atoms with Crippen LogP contribution in [-0.4, -0.2) is 22.1 Å². The summed E-state index contributed by atoms with van der Waals surface area (Å²) in [6.07, 6.45) is 6.37. The van der Waals surface area contributed by atoms with Crippen molar-refractivity contribution in [3.05, 3.63) is 32.1 Å². The van der Waals surface area contributed by atoms with Crippen molar-refractivity contribution >= 4 is 11.6 Å². The van der Waals surface area contributed by atoms with Crippen LogP contribution in [0.3, 0.4) is 0 Å². The Bertz CT molecular complexity index is 537. The van der Waals surface area contributed by atoms with Crippen molar-refractivity contribution in [2.45, 2.75) is 45.2 Å². The molecule has 5 nitrogen and oxygen atoms in total. The Kier molecular flexibility index (Phi) is 4.82. The van der Waals surface area contributed by atoms with Gasteiger partial charge in [-0.2, -0.15) is 0 Å². The molecule has 2 atom stereocenters. The predicted molar refractivity (Wildman–Crippen MR) is 75.8 cm³/mol. The molecule has 2 unspecified atom stereocenters. The molecule has 2 N–H and O–H groups in total. The molecule has 1 saturated carbocycles. The van der Waals surface area contributed by atoms with E-state index in [-0.39, 0.29) is 5.02 Å². The molecule has 6 heteroatoms. The van der Waals surface area contributed by atoms with Crippen LogP contribution in [-0.2, 0) is 6.54 Å². The molecule has 1 aromatic heterocycles. The third-order valence-electron chi connectivity index (χ3n) is 3.69. The van der Waals surface area contributed by atoms with Gasteiger partial charge in [0.25, 0.3) is 5.56 Å². The first-order chi connectivity index (χ1) is 9.06. The van der Waals surface area contributed by atoms with E-state index in [0.717, 1.165) is 5.92 Å². The fourth-order valence-electron chi connectivity index (χ4n) is 2.66. The number of hydrogen-bond donors (Lipinski definition) is 2. The van der Waals surface area contributed by atoms with Crippen molar-refractivity contribution in [2.75, 3.05) is 6.54 Å². The zero-order chi connectivity index (χ0) is 13.8. The van der Waals surface area contributed by atoms with Crippen LogP contribution in [0.15, 0.2) is 15.8 Å². The summed E-state index contributed by atoms with van der Waals surface area (Å²) in [6.45, 7) is 3.50. The molecular weight excluding hydrogens is 266 g/mol. The molecule has 2 rings (SSSR count). The molecule has 0 radical (unpaired) electrons. The summed E-state index contributed by atoms with van der Waals surface area (Å²) in [5.41, 5.74) is -0.940. The van der Waals surface area contributed by atoms with Gasteiger partial charge in [-0.3, -0.25) is 14.3 Å². The van der Waals surface area contributed by atoms with Gasteiger partial charge in [-0.25, -0.2) is 4.79 Å². The monoisotopic (exact) mass is 285 g/mol. The summed E-state index contributed by atoms with van der Waals surface area (Å²) in [5.74, 6) is 0.775. The Morgan fingerprint density at radius 1 is 1.47 bits per heavy atom. The van der Waals surface area contributed by atoms with E-state index in [9.17, 15) is 9.59 Å². The minimum absolute atomic E-state index is 0.0471. The third kappa shape index (κ3) is 3.94. The highest BCUT2D eigenvalue weighted by molar-refractivity contribution is 6.30. The number of hydrogen-bond acceptors (Lipinski definition) is 3. The summed E-state index contributed by atoms with van der Waals surface area (Å²) in [4.78, 5) is 24.9. The molecule has 1 heterocycles. The van der Waals surface area contributed by atoms with Gasteiger partial charge in [0.05, 0.1) is 0 Å². The largest absolute Gasteiger partial charge is 0.328 e. The molecule has 1 aromatic rings. The first-order valence-corrected chi connectivity index (χ1v) is 7.16. The van der Waals surface area contributed by atoms with Crippen molar-refractivity contribution in [2.24, 2.45) is 5.92 Å². The molecular formula is C13H20ClN3O2. The zero-order valence-electron chi connectivity index (χ0n) is 11.1. The second-order valence-electron chi connectivity index (χ2n) is 5.35. The van der Waals surface area contributed by atoms with Gasteiger partial charge >= 0.3 is 5.69 Å². The third-order valence-corrected chi connectivity index (χ3v) is 3.96. The SMILES string of the molecule is CC1CCCC(NCCn2cc(Cl)c(=O)[nH]c2=O)C1. The van der Waals surface area contributed by atoms with E-state index >= 15 is 0 Å². The van der Waals surface area contributed by atoms with Crippen LogP contribution in [0.5, 0.6) is 0 Å². The summed E-state index contributed by atoms with van der Waals surface area (Å²) >= 11 is 5.71. The second-order valence-corrected chi connectivity index (χ2v) is 5.76. The Morgan fingerprint density at radius 3 is 3.00 bits per heavy atom. The average Bonchev–Trinajstić information content (AvgIpc) is 2.35. The van der Waals surface area contributed by atoms with Crippen LogP contribution in [0, 0.1) is 5.92 Å². The average molecular weight is 286 g/mol. The van der Waals surface area contributed by atoms with Crippen LogP contribution < -0.4 is 16.6 Å².